The van der Waals surface area contributed by atoms with Gasteiger partial charge >= 0.3 is 0 Å². The lowest BCUT2D eigenvalue weighted by atomic mass is 9.96. The number of halogens is 2. The number of rotatable bonds is 5. The van der Waals surface area contributed by atoms with Gasteiger partial charge in [0, 0.05) is 35.9 Å². The Morgan fingerprint density at radius 2 is 1.69 bits per heavy atom. The Morgan fingerprint density at radius 1 is 0.962 bits per heavy atom. The molecule has 0 bridgehead atoms. The van der Waals surface area contributed by atoms with E-state index in [1.54, 1.807) is 12.1 Å². The van der Waals surface area contributed by atoms with Gasteiger partial charge in [-0.2, -0.15) is 0 Å². The highest BCUT2D eigenvalue weighted by atomic mass is 35.5. The average Bonchev–Trinajstić information content (AvgIpc) is 3.04. The van der Waals surface area contributed by atoms with Crippen LogP contribution in [-0.4, -0.2) is 29.1 Å². The van der Waals surface area contributed by atoms with Gasteiger partial charge in [0.25, 0.3) is 0 Å². The first-order valence-electron chi connectivity index (χ1n) is 9.37. The Labute approximate surface area is 159 Å². The van der Waals surface area contributed by atoms with Crippen molar-refractivity contribution in [2.75, 3.05) is 19.6 Å². The molecule has 4 rings (SSSR count). The van der Waals surface area contributed by atoms with E-state index in [9.17, 15) is 4.39 Å². The summed E-state index contributed by atoms with van der Waals surface area (Å²) in [6.45, 7) is 4.44. The van der Waals surface area contributed by atoms with Crippen LogP contribution in [0.15, 0.2) is 54.9 Å². The maximum Gasteiger partial charge on any atom is 0.123 e. The molecule has 136 valence electrons. The van der Waals surface area contributed by atoms with Gasteiger partial charge < -0.3 is 9.47 Å². The quantitative estimate of drug-likeness (QED) is 0.584. The van der Waals surface area contributed by atoms with Gasteiger partial charge in [-0.1, -0.05) is 29.8 Å². The van der Waals surface area contributed by atoms with Crippen LogP contribution in [0.2, 0.25) is 5.02 Å². The van der Waals surface area contributed by atoms with Crippen LogP contribution >= 0.6 is 11.6 Å². The zero-order valence-corrected chi connectivity index (χ0v) is 15.6. The normalized spacial score (nSPS) is 16.4. The van der Waals surface area contributed by atoms with E-state index in [0.29, 0.717) is 0 Å². The van der Waals surface area contributed by atoms with Crippen LogP contribution < -0.4 is 0 Å². The van der Waals surface area contributed by atoms with Crippen molar-refractivity contribution >= 4 is 22.4 Å². The minimum Gasteiger partial charge on any atom is -0.353 e. The topological polar surface area (TPSA) is 8.17 Å². The Bertz CT molecular complexity index is 863. The number of hydrogen-bond donors (Lipinski definition) is 0. The van der Waals surface area contributed by atoms with Crippen LogP contribution in [0.25, 0.3) is 10.8 Å². The predicted molar refractivity (Wildman–Crippen MR) is 106 cm³/mol. The van der Waals surface area contributed by atoms with Gasteiger partial charge in [-0.05, 0) is 73.5 Å². The van der Waals surface area contributed by atoms with Crippen molar-refractivity contribution < 1.29 is 4.39 Å². The highest BCUT2D eigenvalue weighted by molar-refractivity contribution is 6.31. The summed E-state index contributed by atoms with van der Waals surface area (Å²) >= 11 is 6.08. The second-order valence-corrected chi connectivity index (χ2v) is 7.83. The molecule has 0 saturated carbocycles. The first-order valence-corrected chi connectivity index (χ1v) is 9.75. The fraction of sp³-hybridized carbons (Fsp3) is 0.364. The molecule has 4 heteroatoms. The summed E-state index contributed by atoms with van der Waals surface area (Å²) in [5.41, 5.74) is 1.21. The Balaban J connectivity index is 1.27. The minimum absolute atomic E-state index is 0.158. The molecule has 0 spiro atoms. The van der Waals surface area contributed by atoms with Crippen molar-refractivity contribution in [1.29, 1.82) is 0 Å². The molecule has 0 unspecified atom stereocenters. The van der Waals surface area contributed by atoms with Crippen molar-refractivity contribution in [3.8, 4) is 0 Å². The molecule has 2 aromatic carbocycles. The SMILES string of the molecule is Fc1ccc(CCN2CCC(Cn3cc4ccc(Cl)cc4c3)CC2)cc1. The van der Waals surface area contributed by atoms with Crippen LogP contribution in [0.5, 0.6) is 0 Å². The summed E-state index contributed by atoms with van der Waals surface area (Å²) in [7, 11) is 0. The lowest BCUT2D eigenvalue weighted by molar-refractivity contribution is 0.175. The number of aromatic nitrogens is 1. The average molecular weight is 371 g/mol. The van der Waals surface area contributed by atoms with Crippen molar-refractivity contribution in [3.05, 3.63) is 71.3 Å². The lowest BCUT2D eigenvalue weighted by Gasteiger charge is -2.32. The van der Waals surface area contributed by atoms with E-state index < -0.39 is 0 Å². The summed E-state index contributed by atoms with van der Waals surface area (Å²) in [5, 5.41) is 3.27. The van der Waals surface area contributed by atoms with E-state index in [-0.39, 0.29) is 5.82 Å². The monoisotopic (exact) mass is 370 g/mol. The number of piperidine rings is 1. The molecule has 1 fully saturated rings. The van der Waals surface area contributed by atoms with E-state index in [4.69, 9.17) is 11.6 Å². The Kier molecular flexibility index (Phi) is 5.28. The summed E-state index contributed by atoms with van der Waals surface area (Å²) in [4.78, 5) is 2.53. The molecule has 0 atom stereocenters. The fourth-order valence-electron chi connectivity index (χ4n) is 3.90. The van der Waals surface area contributed by atoms with Gasteiger partial charge in [-0.25, -0.2) is 4.39 Å². The highest BCUT2D eigenvalue weighted by Gasteiger charge is 2.19. The van der Waals surface area contributed by atoms with E-state index in [1.807, 2.05) is 24.3 Å². The first-order chi connectivity index (χ1) is 12.7. The van der Waals surface area contributed by atoms with Crippen LogP contribution in [0.3, 0.4) is 0 Å². The molecule has 0 amide bonds. The van der Waals surface area contributed by atoms with E-state index >= 15 is 0 Å². The molecule has 2 nitrogen and oxygen atoms in total. The van der Waals surface area contributed by atoms with Crippen molar-refractivity contribution in [3.63, 3.8) is 0 Å². The maximum atomic E-state index is 13.0. The third-order valence-electron chi connectivity index (χ3n) is 5.46. The van der Waals surface area contributed by atoms with Crippen LogP contribution in [0, 0.1) is 11.7 Å². The standard InChI is InChI=1S/C22H24ClFN2/c23-21-4-3-19-15-26(16-20(19)13-21)14-18-8-11-25(12-9-18)10-7-17-1-5-22(24)6-2-17/h1-6,13,15-16,18H,7-12,14H2. The zero-order valence-electron chi connectivity index (χ0n) is 14.9. The van der Waals surface area contributed by atoms with E-state index in [0.717, 1.165) is 43.5 Å². The molecule has 3 aromatic rings. The fourth-order valence-corrected chi connectivity index (χ4v) is 4.08. The highest BCUT2D eigenvalue weighted by Crippen LogP contribution is 2.24. The second kappa shape index (κ2) is 7.81. The molecule has 0 aliphatic carbocycles. The van der Waals surface area contributed by atoms with Gasteiger partial charge in [0.15, 0.2) is 0 Å². The summed E-state index contributed by atoms with van der Waals surface area (Å²) in [6.07, 6.45) is 7.90. The van der Waals surface area contributed by atoms with Crippen LogP contribution in [-0.2, 0) is 13.0 Å². The minimum atomic E-state index is -0.158. The zero-order chi connectivity index (χ0) is 17.9. The number of likely N-dealkylation sites (tertiary alicyclic amines) is 1. The third kappa shape index (κ3) is 4.28. The van der Waals surface area contributed by atoms with Gasteiger partial charge in [0.1, 0.15) is 5.82 Å². The maximum absolute atomic E-state index is 13.0. The van der Waals surface area contributed by atoms with Crippen molar-refractivity contribution in [2.24, 2.45) is 5.92 Å². The lowest BCUT2D eigenvalue weighted by Crippen LogP contribution is -2.36. The molecule has 1 aliphatic rings. The van der Waals surface area contributed by atoms with Gasteiger partial charge in [0.2, 0.25) is 0 Å². The summed E-state index contributed by atoms with van der Waals surface area (Å²) < 4.78 is 15.3. The molecule has 1 saturated heterocycles. The predicted octanol–water partition coefficient (Wildman–Crippen LogP) is 5.39. The Morgan fingerprint density at radius 3 is 2.46 bits per heavy atom. The van der Waals surface area contributed by atoms with Crippen LogP contribution in [0.1, 0.15) is 18.4 Å². The van der Waals surface area contributed by atoms with E-state index in [1.165, 1.54) is 29.2 Å². The second-order valence-electron chi connectivity index (χ2n) is 7.39. The molecule has 2 heterocycles. The number of benzene rings is 2. The van der Waals surface area contributed by atoms with Gasteiger partial charge in [-0.15, -0.1) is 0 Å². The molecular formula is C22H24ClFN2. The van der Waals surface area contributed by atoms with Crippen molar-refractivity contribution in [1.82, 2.24) is 9.47 Å². The van der Waals surface area contributed by atoms with Crippen LogP contribution in [0.4, 0.5) is 4.39 Å². The molecule has 1 aliphatic heterocycles. The Hall–Kier alpha value is -1.84. The van der Waals surface area contributed by atoms with E-state index in [2.05, 4.69) is 27.9 Å². The molecule has 0 radical (unpaired) electrons. The number of fused-ring (bicyclic) bond motifs is 1. The third-order valence-corrected chi connectivity index (χ3v) is 5.70. The molecular weight excluding hydrogens is 347 g/mol. The smallest absolute Gasteiger partial charge is 0.123 e. The van der Waals surface area contributed by atoms with Gasteiger partial charge in [-0.3, -0.25) is 0 Å². The summed E-state index contributed by atoms with van der Waals surface area (Å²) in [6, 6.07) is 13.0. The molecule has 1 aromatic heterocycles. The van der Waals surface area contributed by atoms with Crippen molar-refractivity contribution in [2.45, 2.75) is 25.8 Å². The largest absolute Gasteiger partial charge is 0.353 e. The number of hydrogen-bond acceptors (Lipinski definition) is 1. The molecule has 0 N–H and O–H groups in total. The van der Waals surface area contributed by atoms with Gasteiger partial charge in [0.05, 0.1) is 0 Å². The molecule has 26 heavy (non-hydrogen) atoms. The first kappa shape index (κ1) is 17.6. The number of nitrogens with zero attached hydrogens (tertiary/aromatic N) is 2. The summed E-state index contributed by atoms with van der Waals surface area (Å²) in [5.74, 6) is 0.573.